The molecule has 2 aliphatic rings. The van der Waals surface area contributed by atoms with E-state index in [-0.39, 0.29) is 36.1 Å². The second-order valence-corrected chi connectivity index (χ2v) is 6.61. The zero-order valence-corrected chi connectivity index (χ0v) is 15.3. The van der Waals surface area contributed by atoms with Gasteiger partial charge in [-0.15, -0.1) is 12.4 Å². The molecule has 25 heavy (non-hydrogen) atoms. The van der Waals surface area contributed by atoms with Crippen molar-refractivity contribution in [3.05, 3.63) is 29.5 Å². The van der Waals surface area contributed by atoms with Gasteiger partial charge in [-0.25, -0.2) is 0 Å². The monoisotopic (exact) mass is 364 g/mol. The Labute approximate surface area is 152 Å². The van der Waals surface area contributed by atoms with Crippen LogP contribution in [0.1, 0.15) is 16.1 Å². The van der Waals surface area contributed by atoms with Crippen molar-refractivity contribution in [3.8, 4) is 5.75 Å². The molecule has 4 rings (SSSR count). The lowest BCUT2D eigenvalue weighted by atomic mass is 10.0. The van der Waals surface area contributed by atoms with Crippen molar-refractivity contribution in [1.82, 2.24) is 9.47 Å². The summed E-state index contributed by atoms with van der Waals surface area (Å²) in [6, 6.07) is 5.76. The molecule has 1 aromatic carbocycles. The summed E-state index contributed by atoms with van der Waals surface area (Å²) in [6.45, 7) is 3.40. The summed E-state index contributed by atoms with van der Waals surface area (Å²) in [5, 5.41) is 0.888. The minimum atomic E-state index is -0.174. The van der Waals surface area contributed by atoms with Crippen LogP contribution in [0.3, 0.4) is 0 Å². The Balaban J connectivity index is 0.00000182. The van der Waals surface area contributed by atoms with Crippen molar-refractivity contribution in [1.29, 1.82) is 0 Å². The van der Waals surface area contributed by atoms with Crippen molar-refractivity contribution in [2.24, 2.45) is 18.9 Å². The van der Waals surface area contributed by atoms with Gasteiger partial charge in [-0.2, -0.15) is 0 Å². The summed E-state index contributed by atoms with van der Waals surface area (Å²) in [4.78, 5) is 26.7. The van der Waals surface area contributed by atoms with Gasteiger partial charge in [-0.05, 0) is 25.1 Å². The molecule has 2 atom stereocenters. The van der Waals surface area contributed by atoms with Gasteiger partial charge in [-0.1, -0.05) is 0 Å². The highest BCUT2D eigenvalue weighted by Gasteiger charge is 2.46. The average molecular weight is 365 g/mol. The topological polar surface area (TPSA) is 60.8 Å². The van der Waals surface area contributed by atoms with E-state index in [0.717, 1.165) is 22.3 Å². The van der Waals surface area contributed by atoms with Crippen LogP contribution in [0.2, 0.25) is 0 Å². The van der Waals surface area contributed by atoms with Gasteiger partial charge >= 0.3 is 5.97 Å². The molecule has 3 heterocycles. The zero-order valence-electron chi connectivity index (χ0n) is 14.4. The number of hydrogen-bond donors (Lipinski definition) is 0. The van der Waals surface area contributed by atoms with E-state index in [1.54, 1.807) is 12.0 Å². The summed E-state index contributed by atoms with van der Waals surface area (Å²) in [7, 11) is 3.57. The lowest BCUT2D eigenvalue weighted by Gasteiger charge is -2.17. The minimum absolute atomic E-state index is 0. The van der Waals surface area contributed by atoms with Gasteiger partial charge in [0, 0.05) is 42.7 Å². The van der Waals surface area contributed by atoms with E-state index < -0.39 is 0 Å². The maximum absolute atomic E-state index is 13.2. The molecule has 134 valence electrons. The lowest BCUT2D eigenvalue weighted by Crippen LogP contribution is -2.31. The molecule has 2 fully saturated rings. The molecule has 0 bridgehead atoms. The maximum atomic E-state index is 13.2. The molecule has 2 aromatic rings. The van der Waals surface area contributed by atoms with Crippen LogP contribution in [0, 0.1) is 18.8 Å². The van der Waals surface area contributed by atoms with Crippen LogP contribution in [-0.2, 0) is 16.6 Å². The average Bonchev–Trinajstić information content (AvgIpc) is 3.22. The number of likely N-dealkylation sites (tertiary alicyclic amines) is 1. The number of fused-ring (bicyclic) bond motifs is 2. The van der Waals surface area contributed by atoms with Crippen LogP contribution in [0.25, 0.3) is 10.9 Å². The Morgan fingerprint density at radius 1 is 1.32 bits per heavy atom. The summed E-state index contributed by atoms with van der Waals surface area (Å²) in [6.07, 6.45) is 0. The molecule has 7 heteroatoms. The molecule has 6 nitrogen and oxygen atoms in total. The number of rotatable bonds is 2. The SMILES string of the molecule is COc1ccc2c(c1)c(C(=O)N1C[C@@H]3COC(=O)[C@@H]3C1)c(C)n2C.Cl. The third kappa shape index (κ3) is 2.56. The first-order chi connectivity index (χ1) is 11.5. The smallest absolute Gasteiger partial charge is 0.311 e. The quantitative estimate of drug-likeness (QED) is 0.766. The van der Waals surface area contributed by atoms with Gasteiger partial charge in [0.1, 0.15) is 5.75 Å². The predicted molar refractivity (Wildman–Crippen MR) is 95.3 cm³/mol. The van der Waals surface area contributed by atoms with Gasteiger partial charge < -0.3 is 18.9 Å². The predicted octanol–water partition coefficient (Wildman–Crippen LogP) is 2.16. The number of hydrogen-bond acceptors (Lipinski definition) is 4. The molecular formula is C18H21ClN2O4. The molecule has 0 radical (unpaired) electrons. The number of carbonyl (C=O) groups is 2. The first-order valence-electron chi connectivity index (χ1n) is 8.10. The summed E-state index contributed by atoms with van der Waals surface area (Å²) in [5.74, 6) is 0.495. The van der Waals surface area contributed by atoms with Crippen LogP contribution in [0.5, 0.6) is 5.75 Å². The number of carbonyl (C=O) groups excluding carboxylic acids is 2. The molecule has 0 unspecified atom stereocenters. The Kier molecular flexibility index (Phi) is 4.41. The van der Waals surface area contributed by atoms with Gasteiger partial charge in [0.25, 0.3) is 5.91 Å². The summed E-state index contributed by atoms with van der Waals surface area (Å²) >= 11 is 0. The minimum Gasteiger partial charge on any atom is -0.497 e. The zero-order chi connectivity index (χ0) is 17.0. The van der Waals surface area contributed by atoms with Crippen LogP contribution in [0.4, 0.5) is 0 Å². The van der Waals surface area contributed by atoms with Gasteiger partial charge in [-0.3, -0.25) is 9.59 Å². The number of aromatic nitrogens is 1. The molecule has 0 saturated carbocycles. The molecule has 0 aliphatic carbocycles. The number of nitrogens with zero attached hydrogens (tertiary/aromatic N) is 2. The number of cyclic esters (lactones) is 1. The summed E-state index contributed by atoms with van der Waals surface area (Å²) in [5.41, 5.74) is 2.61. The van der Waals surface area contributed by atoms with E-state index in [1.807, 2.05) is 36.7 Å². The van der Waals surface area contributed by atoms with E-state index in [2.05, 4.69) is 0 Å². The highest BCUT2D eigenvalue weighted by molar-refractivity contribution is 6.09. The molecule has 2 saturated heterocycles. The molecule has 0 spiro atoms. The van der Waals surface area contributed by atoms with E-state index in [9.17, 15) is 9.59 Å². The fourth-order valence-electron chi connectivity index (χ4n) is 3.88. The van der Waals surface area contributed by atoms with Crippen LogP contribution in [-0.4, -0.2) is 48.1 Å². The largest absolute Gasteiger partial charge is 0.497 e. The standard InChI is InChI=1S/C18H20N2O4.ClH/c1-10-16(13-6-12(23-3)4-5-15(13)19(10)2)17(21)20-7-11-9-24-18(22)14(11)8-20;/h4-6,11,14H,7-9H2,1-3H3;1H/t11-,14-;/m1./s1. The normalized spacial score (nSPS) is 21.9. The van der Waals surface area contributed by atoms with Gasteiger partial charge in [0.2, 0.25) is 0 Å². The number of amides is 1. The number of benzene rings is 1. The van der Waals surface area contributed by atoms with Crippen molar-refractivity contribution in [2.75, 3.05) is 26.8 Å². The van der Waals surface area contributed by atoms with Gasteiger partial charge in [0.05, 0.1) is 25.2 Å². The van der Waals surface area contributed by atoms with E-state index in [1.165, 1.54) is 0 Å². The van der Waals surface area contributed by atoms with Gasteiger partial charge in [0.15, 0.2) is 0 Å². The molecule has 1 aromatic heterocycles. The van der Waals surface area contributed by atoms with Crippen molar-refractivity contribution in [2.45, 2.75) is 6.92 Å². The Bertz CT molecular complexity index is 860. The highest BCUT2D eigenvalue weighted by Crippen LogP contribution is 2.34. The molecule has 2 aliphatic heterocycles. The fourth-order valence-corrected chi connectivity index (χ4v) is 3.88. The molecule has 1 amide bonds. The number of methoxy groups -OCH3 is 1. The number of halogens is 1. The van der Waals surface area contributed by atoms with Crippen molar-refractivity contribution >= 4 is 35.2 Å². The number of aryl methyl sites for hydroxylation is 1. The fraction of sp³-hybridized carbons (Fsp3) is 0.444. The highest BCUT2D eigenvalue weighted by atomic mass is 35.5. The second-order valence-electron chi connectivity index (χ2n) is 6.61. The van der Waals surface area contributed by atoms with Crippen molar-refractivity contribution < 1.29 is 19.1 Å². The Hall–Kier alpha value is -2.21. The first-order valence-corrected chi connectivity index (χ1v) is 8.10. The third-order valence-electron chi connectivity index (χ3n) is 5.38. The number of ether oxygens (including phenoxy) is 2. The molecule has 0 N–H and O–H groups in total. The third-order valence-corrected chi connectivity index (χ3v) is 5.38. The van der Waals surface area contributed by atoms with Crippen LogP contribution in [0.15, 0.2) is 18.2 Å². The van der Waals surface area contributed by atoms with Crippen LogP contribution < -0.4 is 4.74 Å². The van der Waals surface area contributed by atoms with E-state index in [4.69, 9.17) is 9.47 Å². The Morgan fingerprint density at radius 2 is 2.08 bits per heavy atom. The van der Waals surface area contributed by atoms with E-state index >= 15 is 0 Å². The first kappa shape index (κ1) is 17.6. The molecular weight excluding hydrogens is 344 g/mol. The van der Waals surface area contributed by atoms with Crippen LogP contribution >= 0.6 is 12.4 Å². The second kappa shape index (κ2) is 6.26. The van der Waals surface area contributed by atoms with Crippen molar-refractivity contribution in [3.63, 3.8) is 0 Å². The Morgan fingerprint density at radius 3 is 2.76 bits per heavy atom. The number of esters is 1. The lowest BCUT2D eigenvalue weighted by molar-refractivity contribution is -0.141. The maximum Gasteiger partial charge on any atom is 0.311 e. The van der Waals surface area contributed by atoms with E-state index in [0.29, 0.717) is 25.3 Å². The summed E-state index contributed by atoms with van der Waals surface area (Å²) < 4.78 is 12.4.